The van der Waals surface area contributed by atoms with Crippen LogP contribution in [0.4, 0.5) is 5.69 Å². The van der Waals surface area contributed by atoms with Crippen LogP contribution >= 0.6 is 0 Å². The molecule has 0 spiro atoms. The number of para-hydroxylation sites is 2. The third-order valence-corrected chi connectivity index (χ3v) is 6.24. The average molecular weight is 438 g/mol. The summed E-state index contributed by atoms with van der Waals surface area (Å²) in [5.74, 6) is 1.64. The minimum absolute atomic E-state index is 0.0138. The van der Waals surface area contributed by atoms with Crippen molar-refractivity contribution >= 4 is 17.5 Å². The number of carbonyl (C=O) groups is 2. The van der Waals surface area contributed by atoms with Crippen LogP contribution in [0.2, 0.25) is 0 Å². The molecule has 2 aliphatic rings. The number of nitrogens with zero attached hydrogens (tertiary/aromatic N) is 2. The third kappa shape index (κ3) is 5.22. The standard InChI is InChI=1S/C25H31N3O4/c1-18-25(30)28(22-5-3-4-6-23(22)32-18)17-24(29)26-15-19-11-13-27(14-12-19)16-20-7-9-21(31-2)10-8-20/h3-10,18-19H,11-17H2,1-2H3,(H,26,29)/t18-/m1/s1. The van der Waals surface area contributed by atoms with Crippen molar-refractivity contribution in [1.82, 2.24) is 10.2 Å². The number of hydrogen-bond acceptors (Lipinski definition) is 5. The fourth-order valence-corrected chi connectivity index (χ4v) is 4.32. The molecule has 0 saturated carbocycles. The van der Waals surface area contributed by atoms with Gasteiger partial charge in [0.15, 0.2) is 6.10 Å². The number of amides is 2. The number of carbonyl (C=O) groups excluding carboxylic acids is 2. The molecular formula is C25H31N3O4. The molecule has 1 atom stereocenters. The maximum atomic E-state index is 12.6. The van der Waals surface area contributed by atoms with Gasteiger partial charge in [-0.25, -0.2) is 0 Å². The summed E-state index contributed by atoms with van der Waals surface area (Å²) in [4.78, 5) is 29.1. The highest BCUT2D eigenvalue weighted by molar-refractivity contribution is 6.03. The number of rotatable bonds is 7. The molecule has 2 heterocycles. The van der Waals surface area contributed by atoms with Crippen LogP contribution in [0.15, 0.2) is 48.5 Å². The van der Waals surface area contributed by atoms with E-state index in [0.717, 1.165) is 38.2 Å². The van der Waals surface area contributed by atoms with E-state index in [1.54, 1.807) is 14.0 Å². The van der Waals surface area contributed by atoms with Gasteiger partial charge in [-0.3, -0.25) is 19.4 Å². The van der Waals surface area contributed by atoms with Crippen molar-refractivity contribution in [2.24, 2.45) is 5.92 Å². The molecule has 0 aliphatic carbocycles. The Balaban J connectivity index is 1.23. The van der Waals surface area contributed by atoms with Gasteiger partial charge < -0.3 is 14.8 Å². The number of piperidine rings is 1. The fraction of sp³-hybridized carbons (Fsp3) is 0.440. The first-order chi connectivity index (χ1) is 15.5. The van der Waals surface area contributed by atoms with Crippen molar-refractivity contribution in [2.45, 2.75) is 32.4 Å². The molecule has 4 rings (SSSR count). The number of benzene rings is 2. The molecule has 7 heteroatoms. The van der Waals surface area contributed by atoms with E-state index in [4.69, 9.17) is 9.47 Å². The lowest BCUT2D eigenvalue weighted by atomic mass is 9.96. The van der Waals surface area contributed by atoms with Crippen LogP contribution in [-0.2, 0) is 16.1 Å². The minimum atomic E-state index is -0.590. The molecule has 1 fully saturated rings. The van der Waals surface area contributed by atoms with Crippen LogP contribution in [0.5, 0.6) is 11.5 Å². The molecular weight excluding hydrogens is 406 g/mol. The molecule has 2 aromatic carbocycles. The highest BCUT2D eigenvalue weighted by Crippen LogP contribution is 2.33. The maximum absolute atomic E-state index is 12.6. The second-order valence-electron chi connectivity index (χ2n) is 8.52. The number of nitrogens with one attached hydrogen (secondary N) is 1. The molecule has 0 aromatic heterocycles. The van der Waals surface area contributed by atoms with Gasteiger partial charge in [0.2, 0.25) is 5.91 Å². The van der Waals surface area contributed by atoms with Gasteiger partial charge in [-0.05, 0) is 68.6 Å². The van der Waals surface area contributed by atoms with Crippen LogP contribution < -0.4 is 19.7 Å². The third-order valence-electron chi connectivity index (χ3n) is 6.24. The quantitative estimate of drug-likeness (QED) is 0.721. The smallest absolute Gasteiger partial charge is 0.268 e. The second kappa shape index (κ2) is 10.0. The Morgan fingerprint density at radius 3 is 2.56 bits per heavy atom. The van der Waals surface area contributed by atoms with Crippen molar-refractivity contribution in [3.8, 4) is 11.5 Å². The van der Waals surface area contributed by atoms with E-state index in [2.05, 4.69) is 22.3 Å². The van der Waals surface area contributed by atoms with Gasteiger partial charge >= 0.3 is 0 Å². The lowest BCUT2D eigenvalue weighted by Gasteiger charge is -2.33. The molecule has 2 aliphatic heterocycles. The first-order valence-electron chi connectivity index (χ1n) is 11.2. The summed E-state index contributed by atoms with van der Waals surface area (Å²) in [6, 6.07) is 15.5. The van der Waals surface area contributed by atoms with E-state index in [0.29, 0.717) is 23.9 Å². The first-order valence-corrected chi connectivity index (χ1v) is 11.2. The predicted octanol–water partition coefficient (Wildman–Crippen LogP) is 2.84. The topological polar surface area (TPSA) is 71.1 Å². The number of methoxy groups -OCH3 is 1. The Morgan fingerprint density at radius 1 is 1.12 bits per heavy atom. The molecule has 7 nitrogen and oxygen atoms in total. The van der Waals surface area contributed by atoms with E-state index in [9.17, 15) is 9.59 Å². The first kappa shape index (κ1) is 22.1. The molecule has 1 N–H and O–H groups in total. The van der Waals surface area contributed by atoms with Crippen LogP contribution in [0, 0.1) is 5.92 Å². The van der Waals surface area contributed by atoms with Crippen LogP contribution in [0.1, 0.15) is 25.3 Å². The Kier molecular flexibility index (Phi) is 6.95. The molecule has 32 heavy (non-hydrogen) atoms. The summed E-state index contributed by atoms with van der Waals surface area (Å²) in [5, 5.41) is 3.04. The van der Waals surface area contributed by atoms with E-state index < -0.39 is 6.10 Å². The van der Waals surface area contributed by atoms with Crippen molar-refractivity contribution in [2.75, 3.05) is 38.2 Å². The van der Waals surface area contributed by atoms with Crippen molar-refractivity contribution in [3.05, 3.63) is 54.1 Å². The summed E-state index contributed by atoms with van der Waals surface area (Å²) in [6.07, 6.45) is 1.51. The van der Waals surface area contributed by atoms with E-state index >= 15 is 0 Å². The number of anilines is 1. The van der Waals surface area contributed by atoms with E-state index in [1.807, 2.05) is 36.4 Å². The van der Waals surface area contributed by atoms with Crippen molar-refractivity contribution < 1.29 is 19.1 Å². The molecule has 170 valence electrons. The van der Waals surface area contributed by atoms with Gasteiger partial charge in [-0.15, -0.1) is 0 Å². The molecule has 2 amide bonds. The summed E-state index contributed by atoms with van der Waals surface area (Å²) in [5.41, 5.74) is 1.93. The number of ether oxygens (including phenoxy) is 2. The highest BCUT2D eigenvalue weighted by atomic mass is 16.5. The Bertz CT molecular complexity index is 938. The zero-order valence-electron chi connectivity index (χ0n) is 18.8. The van der Waals surface area contributed by atoms with Crippen LogP contribution in [0.25, 0.3) is 0 Å². The van der Waals surface area contributed by atoms with Gasteiger partial charge in [0.05, 0.1) is 12.8 Å². The molecule has 0 unspecified atom stereocenters. The minimum Gasteiger partial charge on any atom is -0.497 e. The zero-order chi connectivity index (χ0) is 22.5. The maximum Gasteiger partial charge on any atom is 0.268 e. The summed E-state index contributed by atoms with van der Waals surface area (Å²) in [6.45, 7) is 5.33. The van der Waals surface area contributed by atoms with E-state index in [-0.39, 0.29) is 18.4 Å². The molecule has 2 aromatic rings. The van der Waals surface area contributed by atoms with Gasteiger partial charge in [-0.2, -0.15) is 0 Å². The van der Waals surface area contributed by atoms with Crippen LogP contribution in [0.3, 0.4) is 0 Å². The normalized spacial score (nSPS) is 19.2. The molecule has 0 bridgehead atoms. The predicted molar refractivity (Wildman–Crippen MR) is 123 cm³/mol. The van der Waals surface area contributed by atoms with Crippen LogP contribution in [-0.4, -0.2) is 56.1 Å². The second-order valence-corrected chi connectivity index (χ2v) is 8.52. The average Bonchev–Trinajstić information content (AvgIpc) is 2.82. The van der Waals surface area contributed by atoms with Gasteiger partial charge in [0.25, 0.3) is 5.91 Å². The largest absolute Gasteiger partial charge is 0.497 e. The zero-order valence-corrected chi connectivity index (χ0v) is 18.8. The van der Waals surface area contributed by atoms with Gasteiger partial charge in [0.1, 0.15) is 18.0 Å². The lowest BCUT2D eigenvalue weighted by Crippen LogP contribution is -2.49. The Labute approximate surface area is 189 Å². The Hall–Kier alpha value is -3.06. The summed E-state index contributed by atoms with van der Waals surface area (Å²) < 4.78 is 10.9. The van der Waals surface area contributed by atoms with Crippen molar-refractivity contribution in [3.63, 3.8) is 0 Å². The highest BCUT2D eigenvalue weighted by Gasteiger charge is 2.32. The number of likely N-dealkylation sites (tertiary alicyclic amines) is 1. The number of hydrogen-bond donors (Lipinski definition) is 1. The summed E-state index contributed by atoms with van der Waals surface area (Å²) >= 11 is 0. The number of fused-ring (bicyclic) bond motifs is 1. The SMILES string of the molecule is COc1ccc(CN2CCC(CNC(=O)CN3C(=O)[C@@H](C)Oc4ccccc43)CC2)cc1. The van der Waals surface area contributed by atoms with Crippen molar-refractivity contribution in [1.29, 1.82) is 0 Å². The fourth-order valence-electron chi connectivity index (χ4n) is 4.32. The lowest BCUT2D eigenvalue weighted by molar-refractivity contribution is -0.128. The summed E-state index contributed by atoms with van der Waals surface area (Å²) in [7, 11) is 1.68. The van der Waals surface area contributed by atoms with Gasteiger partial charge in [0, 0.05) is 13.1 Å². The van der Waals surface area contributed by atoms with E-state index in [1.165, 1.54) is 10.5 Å². The molecule has 1 saturated heterocycles. The molecule has 0 radical (unpaired) electrons. The monoisotopic (exact) mass is 437 g/mol. The van der Waals surface area contributed by atoms with Gasteiger partial charge in [-0.1, -0.05) is 24.3 Å². The Morgan fingerprint density at radius 2 is 1.84 bits per heavy atom.